The predicted octanol–water partition coefficient (Wildman–Crippen LogP) is 1.99. The van der Waals surface area contributed by atoms with E-state index in [1.807, 2.05) is 12.1 Å². The molecule has 1 fully saturated rings. The van der Waals surface area contributed by atoms with Gasteiger partial charge in [0, 0.05) is 6.54 Å². The van der Waals surface area contributed by atoms with Crippen LogP contribution < -0.4 is 10.1 Å². The van der Waals surface area contributed by atoms with Gasteiger partial charge < -0.3 is 14.8 Å². The van der Waals surface area contributed by atoms with Gasteiger partial charge in [0.25, 0.3) is 0 Å². The molecule has 1 aliphatic rings. The molecule has 0 saturated carbocycles. The molecule has 0 amide bonds. The lowest BCUT2D eigenvalue weighted by Crippen LogP contribution is -2.47. The summed E-state index contributed by atoms with van der Waals surface area (Å²) in [4.78, 5) is 11.3. The molecule has 4 nitrogen and oxygen atoms in total. The Kier molecular flexibility index (Phi) is 3.87. The van der Waals surface area contributed by atoms with Crippen molar-refractivity contribution in [3.05, 3.63) is 29.8 Å². The van der Waals surface area contributed by atoms with Crippen LogP contribution in [0.25, 0.3) is 0 Å². The Morgan fingerprint density at radius 1 is 1.33 bits per heavy atom. The van der Waals surface area contributed by atoms with Crippen LogP contribution >= 0.6 is 0 Å². The van der Waals surface area contributed by atoms with Crippen molar-refractivity contribution in [3.63, 3.8) is 0 Å². The van der Waals surface area contributed by atoms with E-state index in [4.69, 9.17) is 4.74 Å². The van der Waals surface area contributed by atoms with Gasteiger partial charge in [-0.2, -0.15) is 0 Å². The lowest BCUT2D eigenvalue weighted by atomic mass is 9.96. The highest BCUT2D eigenvalue weighted by Crippen LogP contribution is 2.24. The third kappa shape index (κ3) is 3.01. The minimum Gasteiger partial charge on any atom is -0.486 e. The zero-order chi connectivity index (χ0) is 13.0. The molecule has 1 aliphatic heterocycles. The SMILES string of the molecule is COC(=O)c1ccc(OC2(C)CCCNC2)cc1. The van der Waals surface area contributed by atoms with Gasteiger partial charge in [0.1, 0.15) is 11.4 Å². The Bertz CT molecular complexity index is 408. The third-order valence-corrected chi connectivity index (χ3v) is 3.20. The molecule has 0 bridgehead atoms. The largest absolute Gasteiger partial charge is 0.486 e. The number of hydrogen-bond acceptors (Lipinski definition) is 4. The molecule has 1 aromatic rings. The van der Waals surface area contributed by atoms with Crippen molar-refractivity contribution in [1.29, 1.82) is 0 Å². The van der Waals surface area contributed by atoms with Crippen molar-refractivity contribution < 1.29 is 14.3 Å². The van der Waals surface area contributed by atoms with Crippen molar-refractivity contribution >= 4 is 5.97 Å². The normalized spacial score (nSPS) is 23.4. The van der Waals surface area contributed by atoms with Crippen LogP contribution in [0, 0.1) is 0 Å². The molecular weight excluding hydrogens is 230 g/mol. The minimum atomic E-state index is -0.327. The summed E-state index contributed by atoms with van der Waals surface area (Å²) in [7, 11) is 1.38. The number of carbonyl (C=O) groups is 1. The third-order valence-electron chi connectivity index (χ3n) is 3.20. The highest BCUT2D eigenvalue weighted by molar-refractivity contribution is 5.89. The van der Waals surface area contributed by atoms with E-state index in [2.05, 4.69) is 17.0 Å². The number of methoxy groups -OCH3 is 1. The van der Waals surface area contributed by atoms with Gasteiger partial charge in [0.05, 0.1) is 12.7 Å². The van der Waals surface area contributed by atoms with Gasteiger partial charge in [-0.3, -0.25) is 0 Å². The molecule has 2 rings (SSSR count). The van der Waals surface area contributed by atoms with Crippen LogP contribution in [0.4, 0.5) is 0 Å². The highest BCUT2D eigenvalue weighted by Gasteiger charge is 2.28. The number of piperidine rings is 1. The zero-order valence-corrected chi connectivity index (χ0v) is 10.9. The van der Waals surface area contributed by atoms with Gasteiger partial charge in [0.2, 0.25) is 0 Å². The summed E-state index contributed by atoms with van der Waals surface area (Å²) in [6.07, 6.45) is 2.16. The van der Waals surface area contributed by atoms with E-state index in [9.17, 15) is 4.79 Å². The van der Waals surface area contributed by atoms with Crippen molar-refractivity contribution in [1.82, 2.24) is 5.32 Å². The first-order valence-corrected chi connectivity index (χ1v) is 6.21. The fourth-order valence-electron chi connectivity index (χ4n) is 2.18. The van der Waals surface area contributed by atoms with Crippen molar-refractivity contribution in [3.8, 4) is 5.75 Å². The van der Waals surface area contributed by atoms with E-state index in [0.717, 1.165) is 31.7 Å². The van der Waals surface area contributed by atoms with Crippen LogP contribution in [0.1, 0.15) is 30.1 Å². The molecule has 1 atom stereocenters. The first-order chi connectivity index (χ1) is 8.63. The fourth-order valence-corrected chi connectivity index (χ4v) is 2.18. The molecule has 1 N–H and O–H groups in total. The summed E-state index contributed by atoms with van der Waals surface area (Å²) in [5.74, 6) is 0.459. The summed E-state index contributed by atoms with van der Waals surface area (Å²) in [5, 5.41) is 3.34. The van der Waals surface area contributed by atoms with Gasteiger partial charge in [-0.05, 0) is 50.6 Å². The van der Waals surface area contributed by atoms with E-state index in [-0.39, 0.29) is 11.6 Å². The number of carbonyl (C=O) groups excluding carboxylic acids is 1. The molecule has 0 aromatic heterocycles. The molecule has 4 heteroatoms. The molecule has 0 spiro atoms. The molecular formula is C14H19NO3. The lowest BCUT2D eigenvalue weighted by molar-refractivity contribution is 0.0596. The zero-order valence-electron chi connectivity index (χ0n) is 10.9. The van der Waals surface area contributed by atoms with Crippen LogP contribution in [0.3, 0.4) is 0 Å². The van der Waals surface area contributed by atoms with Gasteiger partial charge in [-0.1, -0.05) is 0 Å². The maximum atomic E-state index is 11.3. The van der Waals surface area contributed by atoms with Gasteiger partial charge in [-0.25, -0.2) is 4.79 Å². The molecule has 1 unspecified atom stereocenters. The topological polar surface area (TPSA) is 47.6 Å². The summed E-state index contributed by atoms with van der Waals surface area (Å²) >= 11 is 0. The number of nitrogens with one attached hydrogen (secondary N) is 1. The maximum absolute atomic E-state index is 11.3. The van der Waals surface area contributed by atoms with Crippen LogP contribution in [0.5, 0.6) is 5.75 Å². The minimum absolute atomic E-state index is 0.162. The molecule has 98 valence electrons. The smallest absolute Gasteiger partial charge is 0.337 e. The number of benzene rings is 1. The van der Waals surface area contributed by atoms with Gasteiger partial charge in [-0.15, -0.1) is 0 Å². The highest BCUT2D eigenvalue weighted by atomic mass is 16.5. The Morgan fingerprint density at radius 2 is 2.06 bits per heavy atom. The first-order valence-electron chi connectivity index (χ1n) is 6.21. The molecule has 1 aromatic carbocycles. The Morgan fingerprint density at radius 3 is 2.61 bits per heavy atom. The fraction of sp³-hybridized carbons (Fsp3) is 0.500. The first kappa shape index (κ1) is 12.9. The van der Waals surface area contributed by atoms with E-state index in [1.54, 1.807) is 12.1 Å². The number of esters is 1. The van der Waals surface area contributed by atoms with Crippen LogP contribution in [0.15, 0.2) is 24.3 Å². The van der Waals surface area contributed by atoms with Crippen molar-refractivity contribution in [2.45, 2.75) is 25.4 Å². The molecule has 1 heterocycles. The van der Waals surface area contributed by atoms with E-state index in [1.165, 1.54) is 7.11 Å². The number of rotatable bonds is 3. The average Bonchev–Trinajstić information content (AvgIpc) is 2.39. The Labute approximate surface area is 107 Å². The molecule has 1 saturated heterocycles. The van der Waals surface area contributed by atoms with E-state index < -0.39 is 0 Å². The summed E-state index contributed by atoms with van der Waals surface area (Å²) in [6, 6.07) is 7.07. The molecule has 0 aliphatic carbocycles. The summed E-state index contributed by atoms with van der Waals surface area (Å²) in [6.45, 7) is 4.01. The number of hydrogen-bond donors (Lipinski definition) is 1. The van der Waals surface area contributed by atoms with Gasteiger partial charge in [0.15, 0.2) is 0 Å². The summed E-state index contributed by atoms with van der Waals surface area (Å²) < 4.78 is 10.7. The lowest BCUT2D eigenvalue weighted by Gasteiger charge is -2.34. The van der Waals surface area contributed by atoms with Crippen molar-refractivity contribution in [2.24, 2.45) is 0 Å². The molecule has 18 heavy (non-hydrogen) atoms. The standard InChI is InChI=1S/C14H19NO3/c1-14(8-3-9-15-10-14)18-12-6-4-11(5-7-12)13(16)17-2/h4-7,15H,3,8-10H2,1-2H3. The second-order valence-electron chi connectivity index (χ2n) is 4.85. The van der Waals surface area contributed by atoms with E-state index >= 15 is 0 Å². The number of ether oxygens (including phenoxy) is 2. The quantitative estimate of drug-likeness (QED) is 0.832. The monoisotopic (exact) mass is 249 g/mol. The second-order valence-corrected chi connectivity index (χ2v) is 4.85. The van der Waals surface area contributed by atoms with Crippen molar-refractivity contribution in [2.75, 3.05) is 20.2 Å². The van der Waals surface area contributed by atoms with E-state index in [0.29, 0.717) is 5.56 Å². The second kappa shape index (κ2) is 5.40. The van der Waals surface area contributed by atoms with Crippen LogP contribution in [-0.4, -0.2) is 31.8 Å². The van der Waals surface area contributed by atoms with Crippen LogP contribution in [0.2, 0.25) is 0 Å². The van der Waals surface area contributed by atoms with Crippen LogP contribution in [-0.2, 0) is 4.74 Å². The summed E-state index contributed by atoms with van der Waals surface area (Å²) in [5.41, 5.74) is 0.377. The maximum Gasteiger partial charge on any atom is 0.337 e. The Balaban J connectivity index is 2.03. The van der Waals surface area contributed by atoms with Gasteiger partial charge >= 0.3 is 5.97 Å². The Hall–Kier alpha value is -1.55. The molecule has 0 radical (unpaired) electrons. The average molecular weight is 249 g/mol. The predicted molar refractivity (Wildman–Crippen MR) is 68.9 cm³/mol.